The van der Waals surface area contributed by atoms with Gasteiger partial charge < -0.3 is 4.90 Å². The first-order valence-electron chi connectivity index (χ1n) is 14.3. The Morgan fingerprint density at radius 3 is 2.22 bits per heavy atom. The summed E-state index contributed by atoms with van der Waals surface area (Å²) in [7, 11) is 0. The standard InChI is InChI=1S/C38H26BNS/c1-23-11-15-27(16-12-23)40-34-17-13-24(2)19-33(34)39-32-9-5-3-7-28(32)31-21-26(22-35(40)38(31)39)25-14-18-37-30(20-25)29-8-4-6-10-36(29)41-37/h3-22H,1-2H3. The minimum Gasteiger partial charge on any atom is -0.311 e. The second-order valence-electron chi connectivity index (χ2n) is 11.5. The molecule has 0 radical (unpaired) electrons. The molecule has 9 rings (SSSR count). The minimum absolute atomic E-state index is 0.241. The monoisotopic (exact) mass is 539 g/mol. The molecule has 2 aliphatic heterocycles. The van der Waals surface area contributed by atoms with Crippen molar-refractivity contribution in [2.45, 2.75) is 13.8 Å². The summed E-state index contributed by atoms with van der Waals surface area (Å²) in [6.07, 6.45) is 0. The highest BCUT2D eigenvalue weighted by atomic mass is 32.1. The maximum atomic E-state index is 2.50. The van der Waals surface area contributed by atoms with Crippen LogP contribution in [-0.2, 0) is 0 Å². The second kappa shape index (κ2) is 8.45. The Balaban J connectivity index is 1.35. The first-order chi connectivity index (χ1) is 20.1. The average Bonchev–Trinajstić information content (AvgIpc) is 3.54. The molecule has 1 nitrogen and oxygen atoms in total. The molecular formula is C38H26BNS. The van der Waals surface area contributed by atoms with E-state index in [4.69, 9.17) is 0 Å². The fourth-order valence-electron chi connectivity index (χ4n) is 7.10. The maximum absolute atomic E-state index is 2.50. The van der Waals surface area contributed by atoms with Crippen LogP contribution in [0.15, 0.2) is 121 Å². The molecule has 0 atom stereocenters. The van der Waals surface area contributed by atoms with Gasteiger partial charge in [-0.05, 0) is 95.6 Å². The summed E-state index contributed by atoms with van der Waals surface area (Å²) in [5, 5.41) is 2.68. The molecule has 2 aliphatic rings. The lowest BCUT2D eigenvalue weighted by Gasteiger charge is -2.36. The van der Waals surface area contributed by atoms with E-state index in [0.717, 1.165) is 0 Å². The lowest BCUT2D eigenvalue weighted by atomic mass is 9.37. The van der Waals surface area contributed by atoms with Gasteiger partial charge in [-0.1, -0.05) is 89.4 Å². The molecule has 0 fully saturated rings. The molecule has 1 aromatic heterocycles. The Bertz CT molecular complexity index is 2190. The van der Waals surface area contributed by atoms with E-state index >= 15 is 0 Å². The van der Waals surface area contributed by atoms with Crippen LogP contribution in [0.4, 0.5) is 17.1 Å². The van der Waals surface area contributed by atoms with Gasteiger partial charge in [0, 0.05) is 37.2 Å². The van der Waals surface area contributed by atoms with Crippen molar-refractivity contribution < 1.29 is 0 Å². The van der Waals surface area contributed by atoms with Crippen molar-refractivity contribution >= 4 is 71.7 Å². The molecule has 0 bridgehead atoms. The third-order valence-corrected chi connectivity index (χ3v) is 10.1. The summed E-state index contributed by atoms with van der Waals surface area (Å²) in [5.41, 5.74) is 15.8. The lowest BCUT2D eigenvalue weighted by Crippen LogP contribution is -2.54. The van der Waals surface area contributed by atoms with Crippen LogP contribution in [0.5, 0.6) is 0 Å². The van der Waals surface area contributed by atoms with Gasteiger partial charge in [-0.25, -0.2) is 0 Å². The van der Waals surface area contributed by atoms with Crippen molar-refractivity contribution in [2.75, 3.05) is 4.90 Å². The molecule has 0 saturated heterocycles. The van der Waals surface area contributed by atoms with Crippen molar-refractivity contribution in [1.29, 1.82) is 0 Å². The third-order valence-electron chi connectivity index (χ3n) is 8.99. The van der Waals surface area contributed by atoms with E-state index in [-0.39, 0.29) is 6.71 Å². The van der Waals surface area contributed by atoms with Crippen molar-refractivity contribution in [2.24, 2.45) is 0 Å². The van der Waals surface area contributed by atoms with E-state index < -0.39 is 0 Å². The first kappa shape index (κ1) is 23.1. The highest BCUT2D eigenvalue weighted by molar-refractivity contribution is 7.25. The number of nitrogens with zero attached hydrogens (tertiary/aromatic N) is 1. The molecule has 3 heterocycles. The summed E-state index contributed by atoms with van der Waals surface area (Å²) in [6.45, 7) is 4.61. The molecule has 0 unspecified atom stereocenters. The Morgan fingerprint density at radius 1 is 0.537 bits per heavy atom. The lowest BCUT2D eigenvalue weighted by molar-refractivity contribution is 1.28. The summed E-state index contributed by atoms with van der Waals surface area (Å²) < 4.78 is 2.69. The van der Waals surface area contributed by atoms with Crippen LogP contribution in [-0.4, -0.2) is 6.71 Å². The molecule has 0 amide bonds. The minimum atomic E-state index is 0.241. The van der Waals surface area contributed by atoms with E-state index in [0.29, 0.717) is 0 Å². The van der Waals surface area contributed by atoms with E-state index in [1.165, 1.54) is 87.0 Å². The number of thiophene rings is 1. The van der Waals surface area contributed by atoms with Gasteiger partial charge in [-0.2, -0.15) is 0 Å². The number of anilines is 3. The van der Waals surface area contributed by atoms with Crippen LogP contribution < -0.4 is 21.3 Å². The van der Waals surface area contributed by atoms with Gasteiger partial charge in [0.15, 0.2) is 0 Å². The topological polar surface area (TPSA) is 3.24 Å². The van der Waals surface area contributed by atoms with Crippen molar-refractivity contribution in [3.63, 3.8) is 0 Å². The Labute approximate surface area is 244 Å². The van der Waals surface area contributed by atoms with Gasteiger partial charge in [0.25, 0.3) is 0 Å². The largest absolute Gasteiger partial charge is 0.311 e. The Morgan fingerprint density at radius 2 is 1.32 bits per heavy atom. The van der Waals surface area contributed by atoms with E-state index in [1.54, 1.807) is 0 Å². The number of aryl methyl sites for hydroxylation is 2. The Kier molecular flexibility index (Phi) is 4.77. The normalized spacial score (nSPS) is 13.0. The molecule has 41 heavy (non-hydrogen) atoms. The quantitative estimate of drug-likeness (QED) is 0.199. The van der Waals surface area contributed by atoms with Crippen LogP contribution >= 0.6 is 11.3 Å². The molecule has 6 aromatic carbocycles. The van der Waals surface area contributed by atoms with E-state index in [1.807, 2.05) is 11.3 Å². The fraction of sp³-hybridized carbons (Fsp3) is 0.0526. The van der Waals surface area contributed by atoms with Crippen LogP contribution in [0.3, 0.4) is 0 Å². The smallest absolute Gasteiger partial charge is 0.248 e. The van der Waals surface area contributed by atoms with Crippen molar-refractivity contribution in [1.82, 2.24) is 0 Å². The van der Waals surface area contributed by atoms with E-state index in [9.17, 15) is 0 Å². The average molecular weight is 540 g/mol. The molecule has 3 heteroatoms. The van der Waals surface area contributed by atoms with Gasteiger partial charge in [-0.15, -0.1) is 11.3 Å². The predicted octanol–water partition coefficient (Wildman–Crippen LogP) is 8.62. The van der Waals surface area contributed by atoms with Gasteiger partial charge >= 0.3 is 0 Å². The third kappa shape index (κ3) is 3.30. The van der Waals surface area contributed by atoms with Crippen LogP contribution in [0.1, 0.15) is 11.1 Å². The van der Waals surface area contributed by atoms with Crippen LogP contribution in [0.25, 0.3) is 42.4 Å². The summed E-state index contributed by atoms with van der Waals surface area (Å²) in [4.78, 5) is 2.50. The zero-order chi connectivity index (χ0) is 27.2. The maximum Gasteiger partial charge on any atom is 0.248 e. The Hall–Kier alpha value is -4.60. The number of fused-ring (bicyclic) bond motifs is 8. The summed E-state index contributed by atoms with van der Waals surface area (Å²) in [5.74, 6) is 0. The number of benzene rings is 6. The predicted molar refractivity (Wildman–Crippen MR) is 179 cm³/mol. The van der Waals surface area contributed by atoms with Crippen LogP contribution in [0.2, 0.25) is 0 Å². The number of rotatable bonds is 2. The SMILES string of the molecule is Cc1ccc(N2c3ccc(C)cc3B3c4ccccc4-c4cc(-c5ccc6sc7ccccc7c6c5)cc2c43)cc1. The van der Waals surface area contributed by atoms with Gasteiger partial charge in [0.1, 0.15) is 0 Å². The van der Waals surface area contributed by atoms with Gasteiger partial charge in [0.05, 0.1) is 0 Å². The molecule has 0 N–H and O–H groups in total. The van der Waals surface area contributed by atoms with Gasteiger partial charge in [0.2, 0.25) is 6.71 Å². The molecule has 0 aliphatic carbocycles. The summed E-state index contributed by atoms with van der Waals surface area (Å²) >= 11 is 1.88. The zero-order valence-corrected chi connectivity index (χ0v) is 23.8. The number of hydrogen-bond acceptors (Lipinski definition) is 2. The highest BCUT2D eigenvalue weighted by Gasteiger charge is 2.42. The number of hydrogen-bond donors (Lipinski definition) is 0. The molecule has 7 aromatic rings. The first-order valence-corrected chi connectivity index (χ1v) is 15.1. The summed E-state index contributed by atoms with van der Waals surface area (Å²) in [6, 6.07) is 45.7. The van der Waals surface area contributed by atoms with Crippen molar-refractivity contribution in [3.8, 4) is 22.3 Å². The molecular weight excluding hydrogens is 513 g/mol. The fourth-order valence-corrected chi connectivity index (χ4v) is 8.19. The van der Waals surface area contributed by atoms with E-state index in [2.05, 4.69) is 140 Å². The molecule has 0 spiro atoms. The van der Waals surface area contributed by atoms with Gasteiger partial charge in [-0.3, -0.25) is 0 Å². The zero-order valence-electron chi connectivity index (χ0n) is 23.0. The molecule has 192 valence electrons. The second-order valence-corrected chi connectivity index (χ2v) is 12.6. The van der Waals surface area contributed by atoms with Crippen LogP contribution in [0, 0.1) is 13.8 Å². The highest BCUT2D eigenvalue weighted by Crippen LogP contribution is 2.44. The van der Waals surface area contributed by atoms with Crippen molar-refractivity contribution in [3.05, 3.63) is 132 Å². The molecule has 0 saturated carbocycles.